The third kappa shape index (κ3) is 2.58. The maximum Gasteiger partial charge on any atom is 0.0700 e. The molecule has 0 aromatic carbocycles. The molecule has 2 saturated carbocycles. The van der Waals surface area contributed by atoms with Crippen LogP contribution >= 0.6 is 0 Å². The monoisotopic (exact) mass is 267 g/mol. The first-order valence-electron chi connectivity index (χ1n) is 8.31. The Balaban J connectivity index is 1.92. The van der Waals surface area contributed by atoms with Crippen molar-refractivity contribution in [2.45, 2.75) is 78.9 Å². The number of ether oxygens (including phenoxy) is 1. The zero-order valence-corrected chi connectivity index (χ0v) is 13.6. The molecule has 4 atom stereocenters. The number of rotatable bonds is 7. The number of hydrogen-bond acceptors (Lipinski definition) is 2. The van der Waals surface area contributed by atoms with E-state index in [1.54, 1.807) is 0 Å². The van der Waals surface area contributed by atoms with E-state index < -0.39 is 0 Å². The van der Waals surface area contributed by atoms with Crippen LogP contribution in [0.15, 0.2) is 0 Å². The predicted molar refractivity (Wildman–Crippen MR) is 81.3 cm³/mol. The van der Waals surface area contributed by atoms with Crippen molar-refractivity contribution in [1.82, 2.24) is 5.32 Å². The van der Waals surface area contributed by atoms with Crippen molar-refractivity contribution in [2.24, 2.45) is 16.7 Å². The van der Waals surface area contributed by atoms with Gasteiger partial charge in [0.1, 0.15) is 0 Å². The lowest BCUT2D eigenvalue weighted by atomic mass is 9.70. The second kappa shape index (κ2) is 5.73. The first-order valence-corrected chi connectivity index (χ1v) is 8.31. The van der Waals surface area contributed by atoms with Gasteiger partial charge in [0.2, 0.25) is 0 Å². The van der Waals surface area contributed by atoms with Gasteiger partial charge < -0.3 is 10.1 Å². The van der Waals surface area contributed by atoms with E-state index in [0.717, 1.165) is 25.4 Å². The van der Waals surface area contributed by atoms with Gasteiger partial charge in [-0.2, -0.15) is 0 Å². The zero-order valence-electron chi connectivity index (χ0n) is 13.6. The molecule has 2 bridgehead atoms. The van der Waals surface area contributed by atoms with Crippen LogP contribution in [0.2, 0.25) is 0 Å². The van der Waals surface area contributed by atoms with Crippen LogP contribution in [0.4, 0.5) is 0 Å². The lowest BCUT2D eigenvalue weighted by molar-refractivity contribution is -0.0861. The van der Waals surface area contributed by atoms with Crippen LogP contribution in [0, 0.1) is 16.7 Å². The Morgan fingerprint density at radius 2 is 2.00 bits per heavy atom. The molecule has 2 aliphatic carbocycles. The largest absolute Gasteiger partial charge is 0.373 e. The molecule has 0 aliphatic heterocycles. The van der Waals surface area contributed by atoms with Crippen LogP contribution in [0.3, 0.4) is 0 Å². The Bertz CT molecular complexity index is 302. The van der Waals surface area contributed by atoms with Crippen LogP contribution in [0.1, 0.15) is 66.7 Å². The Morgan fingerprint density at radius 1 is 1.26 bits per heavy atom. The lowest BCUT2D eigenvalue weighted by Gasteiger charge is -2.40. The van der Waals surface area contributed by atoms with Gasteiger partial charge in [-0.05, 0) is 55.4 Å². The maximum absolute atomic E-state index is 6.52. The van der Waals surface area contributed by atoms with Crippen molar-refractivity contribution in [3.63, 3.8) is 0 Å². The molecule has 0 radical (unpaired) electrons. The minimum absolute atomic E-state index is 0.392. The molecule has 112 valence electrons. The van der Waals surface area contributed by atoms with Crippen LogP contribution in [0.25, 0.3) is 0 Å². The predicted octanol–water partition coefficient (Wildman–Crippen LogP) is 4.00. The summed E-state index contributed by atoms with van der Waals surface area (Å²) in [5.74, 6) is 0.878. The Kier molecular flexibility index (Phi) is 4.62. The molecule has 2 nitrogen and oxygen atoms in total. The van der Waals surface area contributed by atoms with E-state index in [2.05, 4.69) is 39.9 Å². The van der Waals surface area contributed by atoms with E-state index in [1.807, 2.05) is 0 Å². The molecular weight excluding hydrogens is 234 g/mol. The molecule has 2 rings (SSSR count). The van der Waals surface area contributed by atoms with E-state index in [-0.39, 0.29) is 0 Å². The average Bonchev–Trinajstić information content (AvgIpc) is 2.70. The summed E-state index contributed by atoms with van der Waals surface area (Å²) >= 11 is 0. The minimum atomic E-state index is 0.392. The van der Waals surface area contributed by atoms with Crippen LogP contribution < -0.4 is 5.32 Å². The quantitative estimate of drug-likeness (QED) is 0.704. The number of nitrogens with one attached hydrogen (secondary N) is 1. The molecular formula is C17H33NO. The fourth-order valence-electron chi connectivity index (χ4n) is 4.30. The summed E-state index contributed by atoms with van der Waals surface area (Å²) in [5, 5.41) is 3.51. The Labute approximate surface area is 119 Å². The summed E-state index contributed by atoms with van der Waals surface area (Å²) in [4.78, 5) is 0. The van der Waals surface area contributed by atoms with E-state index >= 15 is 0 Å². The fourth-order valence-corrected chi connectivity index (χ4v) is 4.30. The second-order valence-corrected chi connectivity index (χ2v) is 7.47. The molecule has 0 saturated heterocycles. The molecule has 19 heavy (non-hydrogen) atoms. The molecule has 0 spiro atoms. The van der Waals surface area contributed by atoms with E-state index in [0.29, 0.717) is 23.0 Å². The second-order valence-electron chi connectivity index (χ2n) is 7.47. The maximum atomic E-state index is 6.52. The highest BCUT2D eigenvalue weighted by atomic mass is 16.5. The topological polar surface area (TPSA) is 21.3 Å². The molecule has 1 N–H and O–H groups in total. The summed E-state index contributed by atoms with van der Waals surface area (Å²) in [6, 6.07) is 0. The molecule has 0 heterocycles. The van der Waals surface area contributed by atoms with Crippen molar-refractivity contribution >= 4 is 0 Å². The molecule has 4 unspecified atom stereocenters. The lowest BCUT2D eigenvalue weighted by Crippen LogP contribution is -2.41. The zero-order chi connectivity index (χ0) is 14.1. The first-order chi connectivity index (χ1) is 8.95. The van der Waals surface area contributed by atoms with Gasteiger partial charge in [-0.3, -0.25) is 0 Å². The number of fused-ring (bicyclic) bond motifs is 2. The molecule has 2 heteroatoms. The van der Waals surface area contributed by atoms with E-state index in [1.165, 1.54) is 25.7 Å². The normalized spacial score (nSPS) is 37.7. The smallest absolute Gasteiger partial charge is 0.0700 e. The van der Waals surface area contributed by atoms with Crippen LogP contribution in [-0.4, -0.2) is 25.3 Å². The summed E-state index contributed by atoms with van der Waals surface area (Å²) in [6.45, 7) is 14.0. The van der Waals surface area contributed by atoms with Gasteiger partial charge in [0, 0.05) is 6.54 Å². The van der Waals surface area contributed by atoms with Crippen molar-refractivity contribution in [3.8, 4) is 0 Å². The summed E-state index contributed by atoms with van der Waals surface area (Å²) in [5.41, 5.74) is 0.864. The minimum Gasteiger partial charge on any atom is -0.373 e. The summed E-state index contributed by atoms with van der Waals surface area (Å²) < 4.78 is 6.52. The summed E-state index contributed by atoms with van der Waals surface area (Å²) in [7, 11) is 0. The molecule has 2 aliphatic rings. The standard InChI is InChI=1S/C17H33NO/c1-6-10-18-12-14(7-2)19-15-11-13-8-9-17(15,5)16(13,3)4/h13-15,18H,6-12H2,1-5H3. The molecule has 0 aromatic rings. The SMILES string of the molecule is CCCNCC(CC)OC1CC2CCC1(C)C2(C)C. The van der Waals surface area contributed by atoms with Gasteiger partial charge >= 0.3 is 0 Å². The average molecular weight is 267 g/mol. The van der Waals surface area contributed by atoms with Crippen molar-refractivity contribution < 1.29 is 4.74 Å². The first kappa shape index (κ1) is 15.3. The van der Waals surface area contributed by atoms with Crippen molar-refractivity contribution in [3.05, 3.63) is 0 Å². The van der Waals surface area contributed by atoms with Gasteiger partial charge in [0.05, 0.1) is 12.2 Å². The van der Waals surface area contributed by atoms with Gasteiger partial charge in [0.25, 0.3) is 0 Å². The molecule has 0 aromatic heterocycles. The highest BCUT2D eigenvalue weighted by molar-refractivity contribution is 5.11. The molecule has 0 amide bonds. The van der Waals surface area contributed by atoms with Crippen molar-refractivity contribution in [1.29, 1.82) is 0 Å². The van der Waals surface area contributed by atoms with Crippen molar-refractivity contribution in [2.75, 3.05) is 13.1 Å². The third-order valence-electron chi connectivity index (χ3n) is 6.32. The summed E-state index contributed by atoms with van der Waals surface area (Å²) in [6.07, 6.45) is 7.25. The third-order valence-corrected chi connectivity index (χ3v) is 6.32. The van der Waals surface area contributed by atoms with Crippen LogP contribution in [0.5, 0.6) is 0 Å². The van der Waals surface area contributed by atoms with Gasteiger partial charge in [-0.25, -0.2) is 0 Å². The Morgan fingerprint density at radius 3 is 2.47 bits per heavy atom. The van der Waals surface area contributed by atoms with Crippen LogP contribution in [-0.2, 0) is 4.74 Å². The molecule has 2 fully saturated rings. The highest BCUT2D eigenvalue weighted by Gasteiger charge is 2.62. The van der Waals surface area contributed by atoms with E-state index in [4.69, 9.17) is 4.74 Å². The van der Waals surface area contributed by atoms with Gasteiger partial charge in [-0.1, -0.05) is 34.6 Å². The fraction of sp³-hybridized carbons (Fsp3) is 1.00. The van der Waals surface area contributed by atoms with Gasteiger partial charge in [-0.15, -0.1) is 0 Å². The highest BCUT2D eigenvalue weighted by Crippen LogP contribution is 2.66. The Hall–Kier alpha value is -0.0800. The van der Waals surface area contributed by atoms with Gasteiger partial charge in [0.15, 0.2) is 0 Å². The number of hydrogen-bond donors (Lipinski definition) is 1. The van der Waals surface area contributed by atoms with E-state index in [9.17, 15) is 0 Å².